The van der Waals surface area contributed by atoms with Crippen molar-refractivity contribution in [2.45, 2.75) is 27.4 Å². The first-order valence-corrected chi connectivity index (χ1v) is 7.08. The molecule has 0 unspecified atom stereocenters. The number of thiocarbonyl (C=S) groups is 1. The third-order valence-electron chi connectivity index (χ3n) is 3.31. The summed E-state index contributed by atoms with van der Waals surface area (Å²) >= 11 is 4.96. The van der Waals surface area contributed by atoms with E-state index in [0.29, 0.717) is 12.2 Å². The molecule has 0 atom stereocenters. The summed E-state index contributed by atoms with van der Waals surface area (Å²) < 4.78 is 19.2. The van der Waals surface area contributed by atoms with Crippen molar-refractivity contribution in [3.8, 4) is 5.75 Å². The van der Waals surface area contributed by atoms with E-state index in [4.69, 9.17) is 22.7 Å². The Hall–Kier alpha value is -1.94. The maximum atomic E-state index is 13.3. The molecule has 0 bridgehead atoms. The molecule has 21 heavy (non-hydrogen) atoms. The van der Waals surface area contributed by atoms with E-state index in [-0.39, 0.29) is 10.8 Å². The van der Waals surface area contributed by atoms with E-state index in [9.17, 15) is 4.39 Å². The Kier molecular flexibility index (Phi) is 4.58. The van der Waals surface area contributed by atoms with Crippen LogP contribution in [0.1, 0.15) is 27.8 Å². The van der Waals surface area contributed by atoms with Crippen LogP contribution in [0.3, 0.4) is 0 Å². The Balaban J connectivity index is 2.27. The molecule has 2 aromatic carbocycles. The zero-order chi connectivity index (χ0) is 15.6. The molecule has 2 N–H and O–H groups in total. The maximum Gasteiger partial charge on any atom is 0.125 e. The highest BCUT2D eigenvalue weighted by Gasteiger charge is 2.10. The predicted octanol–water partition coefficient (Wildman–Crippen LogP) is 3.96. The first-order chi connectivity index (χ1) is 9.88. The smallest absolute Gasteiger partial charge is 0.125 e. The summed E-state index contributed by atoms with van der Waals surface area (Å²) in [5, 5.41) is 0. The topological polar surface area (TPSA) is 35.2 Å². The number of hydrogen-bond acceptors (Lipinski definition) is 2. The lowest BCUT2D eigenvalue weighted by Gasteiger charge is -2.15. The van der Waals surface area contributed by atoms with Gasteiger partial charge in [-0.15, -0.1) is 0 Å². The molecule has 0 heterocycles. The molecule has 4 heteroatoms. The minimum absolute atomic E-state index is 0.172. The van der Waals surface area contributed by atoms with Crippen LogP contribution in [0.4, 0.5) is 4.39 Å². The van der Waals surface area contributed by atoms with Gasteiger partial charge in [0, 0.05) is 5.56 Å². The van der Waals surface area contributed by atoms with Gasteiger partial charge in [0.15, 0.2) is 0 Å². The summed E-state index contributed by atoms with van der Waals surface area (Å²) in [6.45, 7) is 6.37. The molecular weight excluding hydrogens is 285 g/mol. The number of hydrogen-bond donors (Lipinski definition) is 1. The van der Waals surface area contributed by atoms with Crippen molar-refractivity contribution in [1.82, 2.24) is 0 Å². The zero-order valence-electron chi connectivity index (χ0n) is 12.4. The molecule has 0 saturated heterocycles. The van der Waals surface area contributed by atoms with E-state index in [1.54, 1.807) is 6.07 Å². The third kappa shape index (κ3) is 3.58. The van der Waals surface area contributed by atoms with E-state index in [1.807, 2.05) is 13.8 Å². The van der Waals surface area contributed by atoms with Crippen LogP contribution in [-0.4, -0.2) is 4.99 Å². The highest BCUT2D eigenvalue weighted by atomic mass is 32.1. The van der Waals surface area contributed by atoms with Gasteiger partial charge in [-0.2, -0.15) is 0 Å². The summed E-state index contributed by atoms with van der Waals surface area (Å²) in [6.07, 6.45) is 0. The van der Waals surface area contributed by atoms with Crippen LogP contribution in [-0.2, 0) is 6.61 Å². The van der Waals surface area contributed by atoms with Crippen molar-refractivity contribution in [2.75, 3.05) is 0 Å². The minimum Gasteiger partial charge on any atom is -0.488 e. The lowest BCUT2D eigenvalue weighted by atomic mass is 10.1. The largest absolute Gasteiger partial charge is 0.488 e. The van der Waals surface area contributed by atoms with Crippen LogP contribution in [0.15, 0.2) is 30.3 Å². The molecular formula is C17H18FNOS. The molecule has 0 fully saturated rings. The number of nitrogens with two attached hydrogens (primary N) is 1. The second-order valence-corrected chi connectivity index (χ2v) is 5.62. The van der Waals surface area contributed by atoms with E-state index in [1.165, 1.54) is 17.7 Å². The fraction of sp³-hybridized carbons (Fsp3) is 0.235. The number of aryl methyl sites for hydroxylation is 3. The van der Waals surface area contributed by atoms with E-state index in [2.05, 4.69) is 19.1 Å². The van der Waals surface area contributed by atoms with E-state index >= 15 is 0 Å². The predicted molar refractivity (Wildman–Crippen MR) is 87.3 cm³/mol. The average molecular weight is 303 g/mol. The van der Waals surface area contributed by atoms with Crippen LogP contribution in [0, 0.1) is 26.6 Å². The van der Waals surface area contributed by atoms with Crippen LogP contribution >= 0.6 is 12.2 Å². The average Bonchev–Trinajstić information content (AvgIpc) is 2.38. The van der Waals surface area contributed by atoms with Gasteiger partial charge in [-0.25, -0.2) is 4.39 Å². The second kappa shape index (κ2) is 6.22. The Bertz CT molecular complexity index is 674. The van der Waals surface area contributed by atoms with Gasteiger partial charge < -0.3 is 10.5 Å². The molecule has 2 aromatic rings. The highest BCUT2D eigenvalue weighted by Crippen LogP contribution is 2.26. The van der Waals surface area contributed by atoms with Gasteiger partial charge in [0.05, 0.1) is 0 Å². The summed E-state index contributed by atoms with van der Waals surface area (Å²) in [6, 6.07) is 8.52. The Labute approximate surface area is 129 Å². The summed E-state index contributed by atoms with van der Waals surface area (Å²) in [5.74, 6) is 0.489. The van der Waals surface area contributed by atoms with Crippen LogP contribution in [0.25, 0.3) is 0 Å². The summed E-state index contributed by atoms with van der Waals surface area (Å²) in [4.78, 5) is 0.172. The maximum absolute atomic E-state index is 13.3. The Morgan fingerprint density at radius 1 is 1.14 bits per heavy atom. The molecule has 0 amide bonds. The SMILES string of the molecule is Cc1cc(C)c(OCc2ccc(F)cc2C(N)=S)c(C)c1. The lowest BCUT2D eigenvalue weighted by molar-refractivity contribution is 0.301. The molecule has 0 saturated carbocycles. The Morgan fingerprint density at radius 3 is 2.33 bits per heavy atom. The van der Waals surface area contributed by atoms with Crippen molar-refractivity contribution < 1.29 is 9.13 Å². The number of halogens is 1. The summed E-state index contributed by atoms with van der Waals surface area (Å²) in [7, 11) is 0. The number of benzene rings is 2. The van der Waals surface area contributed by atoms with Crippen molar-refractivity contribution in [1.29, 1.82) is 0 Å². The first-order valence-electron chi connectivity index (χ1n) is 6.67. The number of rotatable bonds is 4. The van der Waals surface area contributed by atoms with Gasteiger partial charge in [0.25, 0.3) is 0 Å². The lowest BCUT2D eigenvalue weighted by Crippen LogP contribution is -2.14. The molecule has 0 radical (unpaired) electrons. The zero-order valence-corrected chi connectivity index (χ0v) is 13.2. The third-order valence-corrected chi connectivity index (χ3v) is 3.53. The van der Waals surface area contributed by atoms with Crippen LogP contribution < -0.4 is 10.5 Å². The van der Waals surface area contributed by atoms with Crippen molar-refractivity contribution >= 4 is 17.2 Å². The monoisotopic (exact) mass is 303 g/mol. The first kappa shape index (κ1) is 15.4. The minimum atomic E-state index is -0.357. The van der Waals surface area contributed by atoms with Gasteiger partial charge >= 0.3 is 0 Å². The highest BCUT2D eigenvalue weighted by molar-refractivity contribution is 7.80. The van der Waals surface area contributed by atoms with Crippen molar-refractivity contribution in [2.24, 2.45) is 5.73 Å². The van der Waals surface area contributed by atoms with Gasteiger partial charge in [-0.1, -0.05) is 36.0 Å². The standard InChI is InChI=1S/C17H18FNOS/c1-10-6-11(2)16(12(3)7-10)20-9-13-4-5-14(18)8-15(13)17(19)21/h4-8H,9H2,1-3H3,(H2,19,21). The van der Waals surface area contributed by atoms with Gasteiger partial charge in [0.1, 0.15) is 23.2 Å². The second-order valence-electron chi connectivity index (χ2n) is 5.18. The van der Waals surface area contributed by atoms with Crippen LogP contribution in [0.2, 0.25) is 0 Å². The quantitative estimate of drug-likeness (QED) is 0.868. The number of ether oxygens (including phenoxy) is 1. The molecule has 110 valence electrons. The van der Waals surface area contributed by atoms with Crippen LogP contribution in [0.5, 0.6) is 5.75 Å². The Morgan fingerprint density at radius 2 is 1.76 bits per heavy atom. The molecule has 2 nitrogen and oxygen atoms in total. The van der Waals surface area contributed by atoms with Crippen molar-refractivity contribution in [3.05, 3.63) is 64.0 Å². The van der Waals surface area contributed by atoms with E-state index in [0.717, 1.165) is 22.4 Å². The van der Waals surface area contributed by atoms with Gasteiger partial charge in [0.2, 0.25) is 0 Å². The van der Waals surface area contributed by atoms with Gasteiger partial charge in [-0.05, 0) is 49.6 Å². The normalized spacial score (nSPS) is 10.5. The molecule has 0 aliphatic carbocycles. The van der Waals surface area contributed by atoms with Crippen molar-refractivity contribution in [3.63, 3.8) is 0 Å². The fourth-order valence-electron chi connectivity index (χ4n) is 2.45. The molecule has 0 aromatic heterocycles. The molecule has 0 aliphatic rings. The van der Waals surface area contributed by atoms with Gasteiger partial charge in [-0.3, -0.25) is 0 Å². The summed E-state index contributed by atoms with van der Waals surface area (Å²) in [5.41, 5.74) is 10.3. The molecule has 2 rings (SSSR count). The molecule has 0 aliphatic heterocycles. The fourth-order valence-corrected chi connectivity index (χ4v) is 2.64. The van der Waals surface area contributed by atoms with E-state index < -0.39 is 0 Å². The molecule has 0 spiro atoms.